The minimum atomic E-state index is 0.874. The Morgan fingerprint density at radius 1 is 1.06 bits per heavy atom. The summed E-state index contributed by atoms with van der Waals surface area (Å²) >= 11 is 3.85. The number of fused-ring (bicyclic) bond motifs is 1. The van der Waals surface area contributed by atoms with Gasteiger partial charge in [-0.25, -0.2) is 0 Å². The fourth-order valence-corrected chi connectivity index (χ4v) is 4.32. The van der Waals surface area contributed by atoms with Gasteiger partial charge in [0.2, 0.25) is 0 Å². The molecule has 0 aliphatic rings. The summed E-state index contributed by atoms with van der Waals surface area (Å²) in [6, 6.07) is 4.63. The SMILES string of the molecule is CC(C)CCCCCCc1cc2sccc2s1. The second-order valence-corrected chi connectivity index (χ2v) is 7.32. The van der Waals surface area contributed by atoms with Crippen LogP contribution in [0.3, 0.4) is 0 Å². The van der Waals surface area contributed by atoms with E-state index < -0.39 is 0 Å². The molecule has 2 heterocycles. The molecule has 0 amide bonds. The van der Waals surface area contributed by atoms with Gasteiger partial charge in [0.25, 0.3) is 0 Å². The molecule has 0 saturated carbocycles. The Labute approximate surface area is 113 Å². The zero-order valence-corrected chi connectivity index (χ0v) is 12.5. The Morgan fingerprint density at radius 2 is 1.88 bits per heavy atom. The number of hydrogen-bond donors (Lipinski definition) is 0. The minimum absolute atomic E-state index is 0.874. The van der Waals surface area contributed by atoms with Gasteiger partial charge in [0.15, 0.2) is 0 Å². The predicted octanol–water partition coefficient (Wildman–Crippen LogP) is 6.11. The summed E-state index contributed by atoms with van der Waals surface area (Å²) < 4.78 is 2.95. The van der Waals surface area contributed by atoms with Crippen LogP contribution in [0.15, 0.2) is 17.5 Å². The summed E-state index contributed by atoms with van der Waals surface area (Å²) in [6.45, 7) is 4.64. The van der Waals surface area contributed by atoms with Gasteiger partial charge < -0.3 is 0 Å². The van der Waals surface area contributed by atoms with E-state index in [4.69, 9.17) is 0 Å². The lowest BCUT2D eigenvalue weighted by Crippen LogP contribution is -1.87. The molecule has 2 rings (SSSR count). The number of thiophene rings is 2. The van der Waals surface area contributed by atoms with Crippen LogP contribution in [0.2, 0.25) is 0 Å². The molecule has 0 fully saturated rings. The van der Waals surface area contributed by atoms with E-state index in [1.165, 1.54) is 47.9 Å². The van der Waals surface area contributed by atoms with Crippen LogP contribution in [0.5, 0.6) is 0 Å². The zero-order chi connectivity index (χ0) is 12.1. The van der Waals surface area contributed by atoms with Gasteiger partial charge in [-0.2, -0.15) is 0 Å². The van der Waals surface area contributed by atoms with E-state index in [2.05, 4.69) is 31.4 Å². The second-order valence-electron chi connectivity index (χ2n) is 5.21. The molecule has 0 unspecified atom stereocenters. The summed E-state index contributed by atoms with van der Waals surface area (Å²) in [5.74, 6) is 0.874. The summed E-state index contributed by atoms with van der Waals surface area (Å²) in [6.07, 6.45) is 8.28. The van der Waals surface area contributed by atoms with Crippen LogP contribution < -0.4 is 0 Å². The van der Waals surface area contributed by atoms with Gasteiger partial charge in [-0.1, -0.05) is 39.5 Å². The van der Waals surface area contributed by atoms with E-state index in [-0.39, 0.29) is 0 Å². The van der Waals surface area contributed by atoms with Crippen LogP contribution in [0.1, 0.15) is 50.8 Å². The molecule has 0 atom stereocenters. The molecular weight excluding hydrogens is 244 g/mol. The highest BCUT2D eigenvalue weighted by molar-refractivity contribution is 7.26. The molecule has 17 heavy (non-hydrogen) atoms. The van der Waals surface area contributed by atoms with Crippen molar-refractivity contribution in [3.63, 3.8) is 0 Å². The lowest BCUT2D eigenvalue weighted by molar-refractivity contribution is 0.520. The molecule has 0 bridgehead atoms. The van der Waals surface area contributed by atoms with Crippen molar-refractivity contribution in [1.82, 2.24) is 0 Å². The molecule has 0 N–H and O–H groups in total. The Hall–Kier alpha value is -0.340. The Balaban J connectivity index is 1.64. The first-order chi connectivity index (χ1) is 8.25. The predicted molar refractivity (Wildman–Crippen MR) is 81.3 cm³/mol. The van der Waals surface area contributed by atoms with Crippen LogP contribution in [0.25, 0.3) is 9.40 Å². The topological polar surface area (TPSA) is 0 Å². The molecule has 2 aromatic heterocycles. The third kappa shape index (κ3) is 4.11. The highest BCUT2D eigenvalue weighted by Crippen LogP contribution is 2.30. The van der Waals surface area contributed by atoms with Gasteiger partial charge in [0, 0.05) is 14.3 Å². The van der Waals surface area contributed by atoms with Crippen molar-refractivity contribution >= 4 is 32.1 Å². The Bertz CT molecular complexity index is 408. The zero-order valence-electron chi connectivity index (χ0n) is 10.9. The van der Waals surface area contributed by atoms with E-state index in [1.807, 2.05) is 22.7 Å². The molecule has 2 heteroatoms. The van der Waals surface area contributed by atoms with Gasteiger partial charge >= 0.3 is 0 Å². The van der Waals surface area contributed by atoms with Crippen molar-refractivity contribution in [1.29, 1.82) is 0 Å². The summed E-state index contributed by atoms with van der Waals surface area (Å²) in [7, 11) is 0. The standard InChI is InChI=1S/C15H22S2/c1-12(2)7-5-3-4-6-8-13-11-15-14(17-13)9-10-16-15/h9-12H,3-8H2,1-2H3. The van der Waals surface area contributed by atoms with E-state index in [0.29, 0.717) is 0 Å². The van der Waals surface area contributed by atoms with Gasteiger partial charge in [0.05, 0.1) is 0 Å². The van der Waals surface area contributed by atoms with E-state index >= 15 is 0 Å². The number of aryl methyl sites for hydroxylation is 1. The molecule has 0 spiro atoms. The molecule has 2 aromatic rings. The van der Waals surface area contributed by atoms with Crippen LogP contribution in [-0.2, 0) is 6.42 Å². The maximum absolute atomic E-state index is 2.39. The van der Waals surface area contributed by atoms with Crippen molar-refractivity contribution < 1.29 is 0 Å². The summed E-state index contributed by atoms with van der Waals surface area (Å²) in [5.41, 5.74) is 0. The van der Waals surface area contributed by atoms with Crippen LogP contribution >= 0.6 is 22.7 Å². The van der Waals surface area contributed by atoms with Gasteiger partial charge in [-0.3, -0.25) is 0 Å². The second kappa shape index (κ2) is 6.55. The van der Waals surface area contributed by atoms with Crippen molar-refractivity contribution in [2.24, 2.45) is 5.92 Å². The molecule has 0 saturated heterocycles. The lowest BCUT2D eigenvalue weighted by Gasteiger charge is -2.03. The quantitative estimate of drug-likeness (QED) is 0.530. The van der Waals surface area contributed by atoms with E-state index in [0.717, 1.165) is 5.92 Å². The van der Waals surface area contributed by atoms with Crippen molar-refractivity contribution in [3.05, 3.63) is 22.4 Å². The van der Waals surface area contributed by atoms with Gasteiger partial charge in [-0.05, 0) is 36.3 Å². The third-order valence-electron chi connectivity index (χ3n) is 3.15. The highest BCUT2D eigenvalue weighted by Gasteiger charge is 2.02. The number of unbranched alkanes of at least 4 members (excludes halogenated alkanes) is 3. The van der Waals surface area contributed by atoms with Crippen molar-refractivity contribution in [2.45, 2.75) is 52.4 Å². The number of hydrogen-bond acceptors (Lipinski definition) is 2. The largest absolute Gasteiger partial charge is 0.143 e. The average molecular weight is 266 g/mol. The monoisotopic (exact) mass is 266 g/mol. The van der Waals surface area contributed by atoms with Crippen molar-refractivity contribution in [2.75, 3.05) is 0 Å². The molecule has 94 valence electrons. The first kappa shape index (κ1) is 13.1. The van der Waals surface area contributed by atoms with Crippen LogP contribution in [0, 0.1) is 5.92 Å². The fraction of sp³-hybridized carbons (Fsp3) is 0.600. The molecule has 0 aromatic carbocycles. The fourth-order valence-electron chi connectivity index (χ4n) is 2.14. The van der Waals surface area contributed by atoms with Crippen molar-refractivity contribution in [3.8, 4) is 0 Å². The maximum atomic E-state index is 2.39. The first-order valence-corrected chi connectivity index (χ1v) is 8.41. The molecule has 0 nitrogen and oxygen atoms in total. The Kier molecular flexibility index (Phi) is 5.05. The van der Waals surface area contributed by atoms with Crippen LogP contribution in [0.4, 0.5) is 0 Å². The maximum Gasteiger partial charge on any atom is 0.0453 e. The third-order valence-corrected chi connectivity index (χ3v) is 5.30. The lowest BCUT2D eigenvalue weighted by atomic mass is 10.0. The van der Waals surface area contributed by atoms with E-state index in [9.17, 15) is 0 Å². The first-order valence-electron chi connectivity index (χ1n) is 6.71. The molecule has 0 aliphatic heterocycles. The summed E-state index contributed by atoms with van der Waals surface area (Å²) in [4.78, 5) is 1.58. The normalized spacial score (nSPS) is 11.7. The van der Waals surface area contributed by atoms with Gasteiger partial charge in [0.1, 0.15) is 0 Å². The van der Waals surface area contributed by atoms with Gasteiger partial charge in [-0.15, -0.1) is 22.7 Å². The Morgan fingerprint density at radius 3 is 2.65 bits per heavy atom. The average Bonchev–Trinajstić information content (AvgIpc) is 2.82. The number of rotatable bonds is 7. The molecule has 0 radical (unpaired) electrons. The molecule has 0 aliphatic carbocycles. The van der Waals surface area contributed by atoms with E-state index in [1.54, 1.807) is 4.88 Å². The smallest absolute Gasteiger partial charge is 0.0453 e. The minimum Gasteiger partial charge on any atom is -0.143 e. The summed E-state index contributed by atoms with van der Waals surface area (Å²) in [5, 5.41) is 2.19. The highest BCUT2D eigenvalue weighted by atomic mass is 32.1. The van der Waals surface area contributed by atoms with Crippen LogP contribution in [-0.4, -0.2) is 0 Å². The molecular formula is C15H22S2.